The summed E-state index contributed by atoms with van der Waals surface area (Å²) in [5, 5.41) is 6.66. The molecule has 0 fully saturated rings. The average molecular weight is 471 g/mol. The number of nitrogens with zero attached hydrogens (tertiary/aromatic N) is 1. The number of furan rings is 1. The van der Waals surface area contributed by atoms with E-state index >= 15 is 0 Å². The van der Waals surface area contributed by atoms with Crippen molar-refractivity contribution in [2.45, 2.75) is 33.3 Å². The lowest BCUT2D eigenvalue weighted by Crippen LogP contribution is -2.39. The van der Waals surface area contributed by atoms with Gasteiger partial charge in [0.25, 0.3) is 0 Å². The van der Waals surface area contributed by atoms with E-state index < -0.39 is 0 Å². The summed E-state index contributed by atoms with van der Waals surface area (Å²) in [6.45, 7) is 7.17. The van der Waals surface area contributed by atoms with Crippen LogP contribution in [-0.2, 0) is 17.8 Å². The molecule has 1 heterocycles. The molecule has 0 radical (unpaired) electrons. The van der Waals surface area contributed by atoms with E-state index in [9.17, 15) is 0 Å². The molecule has 2 N–H and O–H groups in total. The summed E-state index contributed by atoms with van der Waals surface area (Å²) in [6, 6.07) is 10.5. The summed E-state index contributed by atoms with van der Waals surface area (Å²) in [4.78, 5) is 4.25. The highest BCUT2D eigenvalue weighted by atomic mass is 127. The predicted octanol–water partition coefficient (Wildman–Crippen LogP) is 3.83. The lowest BCUT2D eigenvalue weighted by atomic mass is 10.1. The third-order valence-electron chi connectivity index (χ3n) is 3.79. The van der Waals surface area contributed by atoms with Gasteiger partial charge < -0.3 is 19.8 Å². The van der Waals surface area contributed by atoms with E-state index in [-0.39, 0.29) is 24.0 Å². The highest BCUT2D eigenvalue weighted by Gasteiger charge is 2.00. The largest absolute Gasteiger partial charge is 0.467 e. The van der Waals surface area contributed by atoms with Crippen LogP contribution >= 0.6 is 24.0 Å². The number of rotatable bonds is 9. The van der Waals surface area contributed by atoms with E-state index in [1.165, 1.54) is 16.7 Å². The second kappa shape index (κ2) is 12.8. The maximum atomic E-state index is 5.56. The predicted molar refractivity (Wildman–Crippen MR) is 117 cm³/mol. The molecule has 0 saturated heterocycles. The number of ether oxygens (including phenoxy) is 1. The quantitative estimate of drug-likeness (QED) is 0.253. The summed E-state index contributed by atoms with van der Waals surface area (Å²) in [5.41, 5.74) is 3.98. The summed E-state index contributed by atoms with van der Waals surface area (Å²) in [6.07, 6.45) is 3.56. The van der Waals surface area contributed by atoms with E-state index in [1.807, 2.05) is 12.1 Å². The molecule has 1 aromatic carbocycles. The van der Waals surface area contributed by atoms with Crippen molar-refractivity contribution < 1.29 is 9.15 Å². The number of aryl methyl sites for hydroxylation is 2. The summed E-state index contributed by atoms with van der Waals surface area (Å²) >= 11 is 0. The van der Waals surface area contributed by atoms with Crippen LogP contribution < -0.4 is 10.6 Å². The van der Waals surface area contributed by atoms with Crippen molar-refractivity contribution >= 4 is 29.9 Å². The van der Waals surface area contributed by atoms with Gasteiger partial charge in [0.05, 0.1) is 6.26 Å². The second-order valence-electron chi connectivity index (χ2n) is 6.16. The molecular formula is C20H30IN3O2. The minimum absolute atomic E-state index is 0. The first-order chi connectivity index (χ1) is 12.2. The Labute approximate surface area is 173 Å². The molecule has 5 nitrogen and oxygen atoms in total. The van der Waals surface area contributed by atoms with Crippen LogP contribution in [0.15, 0.2) is 46.0 Å². The van der Waals surface area contributed by atoms with Gasteiger partial charge in [-0.3, -0.25) is 4.99 Å². The van der Waals surface area contributed by atoms with Gasteiger partial charge in [-0.15, -0.1) is 24.0 Å². The first kappa shape index (κ1) is 22.5. The molecule has 0 atom stereocenters. The molecule has 2 aromatic rings. The highest BCUT2D eigenvalue weighted by molar-refractivity contribution is 14.0. The molecule has 1 aromatic heterocycles. The van der Waals surface area contributed by atoms with Crippen LogP contribution in [0.25, 0.3) is 0 Å². The molecule has 0 saturated carbocycles. The molecule has 0 aliphatic heterocycles. The fraction of sp³-hybridized carbons (Fsp3) is 0.450. The smallest absolute Gasteiger partial charge is 0.190 e. The molecule has 6 heteroatoms. The van der Waals surface area contributed by atoms with E-state index in [1.54, 1.807) is 13.3 Å². The molecule has 0 aliphatic rings. The van der Waals surface area contributed by atoms with E-state index in [4.69, 9.17) is 9.15 Å². The molecule has 0 amide bonds. The van der Waals surface area contributed by atoms with E-state index in [0.717, 1.165) is 37.7 Å². The molecule has 144 valence electrons. The number of nitrogens with one attached hydrogen (secondary N) is 2. The molecule has 2 rings (SSSR count). The molecular weight excluding hydrogens is 441 g/mol. The average Bonchev–Trinajstić information content (AvgIpc) is 3.08. The normalized spacial score (nSPS) is 11.1. The second-order valence-corrected chi connectivity index (χ2v) is 6.16. The van der Waals surface area contributed by atoms with Crippen molar-refractivity contribution in [3.05, 3.63) is 59.0 Å². The lowest BCUT2D eigenvalue weighted by Gasteiger charge is -2.12. The molecule has 0 bridgehead atoms. The van der Waals surface area contributed by atoms with Crippen molar-refractivity contribution in [2.24, 2.45) is 4.99 Å². The Bertz CT molecular complexity index is 637. The third kappa shape index (κ3) is 8.71. The highest BCUT2D eigenvalue weighted by Crippen LogP contribution is 2.09. The van der Waals surface area contributed by atoms with Gasteiger partial charge in [-0.05, 0) is 44.4 Å². The Morgan fingerprint density at radius 1 is 1.12 bits per heavy atom. The summed E-state index contributed by atoms with van der Waals surface area (Å²) < 4.78 is 10.8. The van der Waals surface area contributed by atoms with Gasteiger partial charge in [0, 0.05) is 26.7 Å². The fourth-order valence-corrected chi connectivity index (χ4v) is 2.71. The van der Waals surface area contributed by atoms with Gasteiger partial charge in [0.15, 0.2) is 5.96 Å². The minimum Gasteiger partial charge on any atom is -0.467 e. The monoisotopic (exact) mass is 471 g/mol. The number of aliphatic imine (C=N–C) groups is 1. The van der Waals surface area contributed by atoms with Crippen molar-refractivity contribution in [2.75, 3.05) is 26.7 Å². The third-order valence-corrected chi connectivity index (χ3v) is 3.79. The Kier molecular flexibility index (Phi) is 11.0. The first-order valence-corrected chi connectivity index (χ1v) is 8.79. The summed E-state index contributed by atoms with van der Waals surface area (Å²) in [7, 11) is 1.79. The maximum absolute atomic E-state index is 5.56. The van der Waals surface area contributed by atoms with Gasteiger partial charge in [0.2, 0.25) is 0 Å². The van der Waals surface area contributed by atoms with E-state index in [2.05, 4.69) is 47.7 Å². The fourth-order valence-electron chi connectivity index (χ4n) is 2.71. The van der Waals surface area contributed by atoms with Crippen molar-refractivity contribution in [1.29, 1.82) is 0 Å². The van der Waals surface area contributed by atoms with Crippen LogP contribution in [0.5, 0.6) is 0 Å². The molecule has 0 spiro atoms. The molecule has 0 unspecified atom stereocenters. The van der Waals surface area contributed by atoms with Gasteiger partial charge in [-0.25, -0.2) is 0 Å². The number of halogens is 1. The minimum atomic E-state index is 0. The number of benzene rings is 1. The number of guanidine groups is 1. The van der Waals surface area contributed by atoms with Crippen LogP contribution in [0.2, 0.25) is 0 Å². The van der Waals surface area contributed by atoms with Crippen LogP contribution in [0, 0.1) is 13.8 Å². The van der Waals surface area contributed by atoms with Crippen molar-refractivity contribution in [3.63, 3.8) is 0 Å². The topological polar surface area (TPSA) is 58.8 Å². The maximum Gasteiger partial charge on any atom is 0.190 e. The molecule has 0 aliphatic carbocycles. The Hall–Kier alpha value is -1.54. The van der Waals surface area contributed by atoms with Crippen molar-refractivity contribution in [1.82, 2.24) is 10.6 Å². The van der Waals surface area contributed by atoms with Crippen LogP contribution in [0.1, 0.15) is 28.9 Å². The van der Waals surface area contributed by atoms with E-state index in [0.29, 0.717) is 13.2 Å². The SMILES string of the molecule is CN=C(NCCCOCc1ccco1)NCCc1cc(C)cc(C)c1.I. The Morgan fingerprint density at radius 2 is 1.85 bits per heavy atom. The lowest BCUT2D eigenvalue weighted by molar-refractivity contribution is 0.105. The van der Waals surface area contributed by atoms with Crippen molar-refractivity contribution in [3.8, 4) is 0 Å². The van der Waals surface area contributed by atoms with Crippen LogP contribution in [0.3, 0.4) is 0 Å². The zero-order valence-corrected chi connectivity index (χ0v) is 18.2. The summed E-state index contributed by atoms with van der Waals surface area (Å²) in [5.74, 6) is 1.69. The zero-order valence-electron chi connectivity index (χ0n) is 15.9. The first-order valence-electron chi connectivity index (χ1n) is 8.79. The Balaban J connectivity index is 0.00000338. The zero-order chi connectivity index (χ0) is 17.9. The van der Waals surface area contributed by atoms with Gasteiger partial charge in [-0.1, -0.05) is 29.3 Å². The van der Waals surface area contributed by atoms with Crippen LogP contribution in [-0.4, -0.2) is 32.7 Å². The van der Waals surface area contributed by atoms with Gasteiger partial charge in [0.1, 0.15) is 12.4 Å². The molecule has 26 heavy (non-hydrogen) atoms. The van der Waals surface area contributed by atoms with Crippen LogP contribution in [0.4, 0.5) is 0 Å². The number of hydrogen-bond donors (Lipinski definition) is 2. The van der Waals surface area contributed by atoms with Gasteiger partial charge in [-0.2, -0.15) is 0 Å². The Morgan fingerprint density at radius 3 is 2.50 bits per heavy atom. The standard InChI is InChI=1S/C20H29N3O2.HI/c1-16-12-17(2)14-18(13-16)7-9-23-20(21-3)22-8-5-10-24-15-19-6-4-11-25-19;/h4,6,11-14H,5,7-10,15H2,1-3H3,(H2,21,22,23);1H. The van der Waals surface area contributed by atoms with Gasteiger partial charge >= 0.3 is 0 Å². The number of hydrogen-bond acceptors (Lipinski definition) is 3.